The van der Waals surface area contributed by atoms with Gasteiger partial charge in [-0.1, -0.05) is 15.9 Å². The molecule has 0 aromatic heterocycles. The second kappa shape index (κ2) is 6.22. The minimum absolute atomic E-state index is 0.558. The quantitative estimate of drug-likeness (QED) is 0.407. The molecule has 0 N–H and O–H groups in total. The van der Waals surface area contributed by atoms with Crippen molar-refractivity contribution in [1.29, 1.82) is 0 Å². The molecule has 0 heterocycles. The van der Waals surface area contributed by atoms with E-state index in [4.69, 9.17) is 4.52 Å². The maximum Gasteiger partial charge on any atom is 0.200 e. The summed E-state index contributed by atoms with van der Waals surface area (Å²) < 4.78 is 16.6. The van der Waals surface area contributed by atoms with Crippen LogP contribution in [0.2, 0.25) is 0 Å². The molecule has 0 fully saturated rings. The average Bonchev–Trinajstić information content (AvgIpc) is 1.87. The van der Waals surface area contributed by atoms with E-state index in [1.54, 1.807) is 6.66 Å². The largest absolute Gasteiger partial charge is 0.329 e. The number of rotatable bonds is 6. The molecule has 0 aliphatic heterocycles. The van der Waals surface area contributed by atoms with E-state index in [-0.39, 0.29) is 0 Å². The van der Waals surface area contributed by atoms with Crippen molar-refractivity contribution in [3.05, 3.63) is 0 Å². The van der Waals surface area contributed by atoms with Gasteiger partial charge in [0.25, 0.3) is 0 Å². The first kappa shape index (κ1) is 11.7. The van der Waals surface area contributed by atoms with E-state index in [1.165, 1.54) is 0 Å². The van der Waals surface area contributed by atoms with Crippen LogP contribution in [0.5, 0.6) is 0 Å². The number of hydrogen-bond acceptors (Lipinski definition) is 2. The van der Waals surface area contributed by atoms with E-state index in [0.29, 0.717) is 12.8 Å². The van der Waals surface area contributed by atoms with Crippen molar-refractivity contribution >= 4 is 23.3 Å². The normalized spacial score (nSPS) is 16.3. The molecule has 0 rings (SSSR count). The first-order chi connectivity index (χ1) is 5.12. The van der Waals surface area contributed by atoms with Gasteiger partial charge in [0.05, 0.1) is 6.61 Å². The summed E-state index contributed by atoms with van der Waals surface area (Å²) in [6.07, 6.45) is 2.77. The second-order valence-electron chi connectivity index (χ2n) is 2.55. The maximum absolute atomic E-state index is 11.5. The zero-order chi connectivity index (χ0) is 8.74. The van der Waals surface area contributed by atoms with Crippen molar-refractivity contribution < 1.29 is 9.09 Å². The molecule has 1 atom stereocenters. The molecule has 0 spiro atoms. The van der Waals surface area contributed by atoms with Crippen molar-refractivity contribution in [3.63, 3.8) is 0 Å². The number of hydrogen-bond donors (Lipinski definition) is 0. The molecule has 0 saturated carbocycles. The summed E-state index contributed by atoms with van der Waals surface area (Å²) in [5.74, 6) is 0. The molecular formula is C7H16BrO2P. The average molecular weight is 243 g/mol. The highest BCUT2D eigenvalue weighted by molar-refractivity contribution is 9.09. The minimum atomic E-state index is -2.24. The summed E-state index contributed by atoms with van der Waals surface area (Å²) in [5, 5.41) is 0.985. The molecule has 0 aromatic carbocycles. The van der Waals surface area contributed by atoms with E-state index in [0.717, 1.165) is 18.2 Å². The summed E-state index contributed by atoms with van der Waals surface area (Å²) in [4.78, 5) is 0. The van der Waals surface area contributed by atoms with E-state index in [9.17, 15) is 4.57 Å². The van der Waals surface area contributed by atoms with Crippen LogP contribution in [0.3, 0.4) is 0 Å². The lowest BCUT2D eigenvalue weighted by atomic mass is 10.4. The molecule has 1 unspecified atom stereocenters. The Balaban J connectivity index is 3.47. The van der Waals surface area contributed by atoms with Crippen molar-refractivity contribution in [2.45, 2.75) is 19.8 Å². The third-order valence-electron chi connectivity index (χ3n) is 1.35. The highest BCUT2D eigenvalue weighted by Crippen LogP contribution is 2.42. The van der Waals surface area contributed by atoms with Gasteiger partial charge in [0.2, 0.25) is 0 Å². The van der Waals surface area contributed by atoms with Gasteiger partial charge < -0.3 is 4.52 Å². The lowest BCUT2D eigenvalue weighted by Crippen LogP contribution is -1.94. The van der Waals surface area contributed by atoms with Crippen LogP contribution in [-0.2, 0) is 9.09 Å². The molecule has 0 radical (unpaired) electrons. The predicted octanol–water partition coefficient (Wildman–Crippen LogP) is 3.11. The van der Waals surface area contributed by atoms with Crippen LogP contribution < -0.4 is 0 Å². The maximum atomic E-state index is 11.5. The molecule has 68 valence electrons. The smallest absolute Gasteiger partial charge is 0.200 e. The van der Waals surface area contributed by atoms with E-state index in [2.05, 4.69) is 15.9 Å². The first-order valence-corrected chi connectivity index (χ1v) is 7.27. The molecule has 0 aromatic rings. The van der Waals surface area contributed by atoms with E-state index in [1.807, 2.05) is 6.92 Å². The molecule has 0 bridgehead atoms. The van der Waals surface area contributed by atoms with Gasteiger partial charge in [0, 0.05) is 18.2 Å². The Bertz CT molecular complexity index is 138. The summed E-state index contributed by atoms with van der Waals surface area (Å²) >= 11 is 3.33. The van der Waals surface area contributed by atoms with Gasteiger partial charge in [0.15, 0.2) is 7.37 Å². The van der Waals surface area contributed by atoms with Gasteiger partial charge in [-0.25, -0.2) is 0 Å². The lowest BCUT2D eigenvalue weighted by Gasteiger charge is -2.11. The van der Waals surface area contributed by atoms with Crippen LogP contribution in [0.25, 0.3) is 0 Å². The van der Waals surface area contributed by atoms with E-state index >= 15 is 0 Å². The standard InChI is InChI=1S/C7H16BrO2P/c1-3-10-11(2,9)7-5-4-6-8/h3-7H2,1-2H3. The Labute approximate surface area is 77.3 Å². The number of alkyl halides is 1. The summed E-state index contributed by atoms with van der Waals surface area (Å²) in [7, 11) is -2.24. The molecule has 0 saturated heterocycles. The van der Waals surface area contributed by atoms with Crippen LogP contribution in [0.1, 0.15) is 19.8 Å². The molecular weight excluding hydrogens is 227 g/mol. The van der Waals surface area contributed by atoms with Crippen molar-refractivity contribution in [3.8, 4) is 0 Å². The molecule has 2 nitrogen and oxygen atoms in total. The van der Waals surface area contributed by atoms with Crippen molar-refractivity contribution in [2.75, 3.05) is 24.8 Å². The van der Waals surface area contributed by atoms with Crippen LogP contribution in [-0.4, -0.2) is 24.8 Å². The molecule has 4 heteroatoms. The Kier molecular flexibility index (Phi) is 6.59. The zero-order valence-electron chi connectivity index (χ0n) is 7.18. The van der Waals surface area contributed by atoms with Crippen molar-refractivity contribution in [2.24, 2.45) is 0 Å². The zero-order valence-corrected chi connectivity index (χ0v) is 9.66. The van der Waals surface area contributed by atoms with Crippen LogP contribution in [0.4, 0.5) is 0 Å². The highest BCUT2D eigenvalue weighted by Gasteiger charge is 2.13. The Morgan fingerprint density at radius 2 is 2.09 bits per heavy atom. The van der Waals surface area contributed by atoms with E-state index < -0.39 is 7.37 Å². The molecule has 11 heavy (non-hydrogen) atoms. The number of halogens is 1. The third-order valence-corrected chi connectivity index (χ3v) is 3.84. The number of unbranched alkanes of at least 4 members (excludes halogenated alkanes) is 1. The first-order valence-electron chi connectivity index (χ1n) is 3.89. The molecule has 0 aliphatic rings. The SMILES string of the molecule is CCOP(C)(=O)CCCCBr. The highest BCUT2D eigenvalue weighted by atomic mass is 79.9. The van der Waals surface area contributed by atoms with Gasteiger partial charge >= 0.3 is 0 Å². The Morgan fingerprint density at radius 1 is 1.45 bits per heavy atom. The fourth-order valence-corrected chi connectivity index (χ4v) is 2.70. The topological polar surface area (TPSA) is 26.3 Å². The monoisotopic (exact) mass is 242 g/mol. The molecule has 0 aliphatic carbocycles. The fraction of sp³-hybridized carbons (Fsp3) is 1.00. The van der Waals surface area contributed by atoms with Gasteiger partial charge in [-0.3, -0.25) is 4.57 Å². The summed E-state index contributed by atoms with van der Waals surface area (Å²) in [5.41, 5.74) is 0. The molecule has 0 amide bonds. The van der Waals surface area contributed by atoms with Crippen molar-refractivity contribution in [1.82, 2.24) is 0 Å². The van der Waals surface area contributed by atoms with Gasteiger partial charge in [0.1, 0.15) is 0 Å². The predicted molar refractivity (Wildman–Crippen MR) is 53.1 cm³/mol. The third kappa shape index (κ3) is 7.04. The van der Waals surface area contributed by atoms with Gasteiger partial charge in [-0.15, -0.1) is 0 Å². The van der Waals surface area contributed by atoms with Crippen LogP contribution in [0.15, 0.2) is 0 Å². The lowest BCUT2D eigenvalue weighted by molar-refractivity contribution is 0.336. The van der Waals surface area contributed by atoms with Crippen LogP contribution in [0, 0.1) is 0 Å². The Morgan fingerprint density at radius 3 is 2.55 bits per heavy atom. The van der Waals surface area contributed by atoms with Gasteiger partial charge in [-0.2, -0.15) is 0 Å². The summed E-state index contributed by atoms with van der Waals surface area (Å²) in [6, 6.07) is 0. The minimum Gasteiger partial charge on any atom is -0.329 e. The van der Waals surface area contributed by atoms with Crippen LogP contribution >= 0.6 is 23.3 Å². The van der Waals surface area contributed by atoms with Gasteiger partial charge in [-0.05, 0) is 19.8 Å². The Hall–Kier alpha value is 0.670. The fourth-order valence-electron chi connectivity index (χ4n) is 0.831. The second-order valence-corrected chi connectivity index (χ2v) is 6.08. The summed E-state index contributed by atoms with van der Waals surface area (Å²) in [6.45, 7) is 4.15.